The van der Waals surface area contributed by atoms with Crippen molar-refractivity contribution >= 4 is 5.96 Å². The Morgan fingerprint density at radius 1 is 1.17 bits per heavy atom. The van der Waals surface area contributed by atoms with E-state index in [2.05, 4.69) is 10.6 Å². The SMILES string of the molecule is CCNC(=NCC1(c2cccc(F)c2)CC1)NCCCCn1c(C)cccc1=O. The number of benzene rings is 1. The lowest BCUT2D eigenvalue weighted by molar-refractivity contribution is 0.574. The lowest BCUT2D eigenvalue weighted by Crippen LogP contribution is -2.38. The number of aromatic nitrogens is 1. The fourth-order valence-corrected chi connectivity index (χ4v) is 3.59. The van der Waals surface area contributed by atoms with Crippen LogP contribution in [0.1, 0.15) is 43.9 Å². The quantitative estimate of drug-likeness (QED) is 0.387. The molecule has 0 aliphatic heterocycles. The van der Waals surface area contributed by atoms with E-state index < -0.39 is 0 Å². The predicted molar refractivity (Wildman–Crippen MR) is 116 cm³/mol. The van der Waals surface area contributed by atoms with E-state index in [0.717, 1.165) is 62.5 Å². The number of aliphatic imine (C=N–C) groups is 1. The van der Waals surface area contributed by atoms with Gasteiger partial charge in [-0.3, -0.25) is 9.79 Å². The van der Waals surface area contributed by atoms with E-state index in [1.807, 2.05) is 30.5 Å². The van der Waals surface area contributed by atoms with Crippen molar-refractivity contribution in [2.24, 2.45) is 4.99 Å². The molecule has 1 aromatic carbocycles. The van der Waals surface area contributed by atoms with Gasteiger partial charge in [-0.25, -0.2) is 4.39 Å². The van der Waals surface area contributed by atoms with E-state index in [4.69, 9.17) is 4.99 Å². The van der Waals surface area contributed by atoms with Crippen molar-refractivity contribution in [2.75, 3.05) is 19.6 Å². The fraction of sp³-hybridized carbons (Fsp3) is 0.478. The third-order valence-corrected chi connectivity index (χ3v) is 5.54. The van der Waals surface area contributed by atoms with Crippen LogP contribution in [-0.4, -0.2) is 30.2 Å². The molecule has 0 bridgehead atoms. The number of aryl methyl sites for hydroxylation is 1. The fourth-order valence-electron chi connectivity index (χ4n) is 3.59. The van der Waals surface area contributed by atoms with Crippen LogP contribution in [0.4, 0.5) is 4.39 Å². The molecule has 156 valence electrons. The van der Waals surface area contributed by atoms with Crippen molar-refractivity contribution in [2.45, 2.75) is 51.5 Å². The Hall–Kier alpha value is -2.63. The molecule has 3 rings (SSSR count). The van der Waals surface area contributed by atoms with Gasteiger partial charge < -0.3 is 15.2 Å². The molecule has 5 nitrogen and oxygen atoms in total. The van der Waals surface area contributed by atoms with Gasteiger partial charge in [-0.05, 0) is 63.3 Å². The largest absolute Gasteiger partial charge is 0.357 e. The minimum atomic E-state index is -0.185. The van der Waals surface area contributed by atoms with E-state index in [0.29, 0.717) is 6.54 Å². The van der Waals surface area contributed by atoms with Crippen LogP contribution < -0.4 is 16.2 Å². The molecule has 0 spiro atoms. The van der Waals surface area contributed by atoms with Gasteiger partial charge >= 0.3 is 0 Å². The first kappa shape index (κ1) is 21.1. The van der Waals surface area contributed by atoms with Crippen LogP contribution in [0, 0.1) is 12.7 Å². The lowest BCUT2D eigenvalue weighted by atomic mass is 9.96. The Morgan fingerprint density at radius 3 is 2.66 bits per heavy atom. The third kappa shape index (κ3) is 5.68. The van der Waals surface area contributed by atoms with Gasteiger partial charge in [0.25, 0.3) is 5.56 Å². The molecule has 2 aromatic rings. The molecule has 1 saturated carbocycles. The van der Waals surface area contributed by atoms with E-state index in [9.17, 15) is 9.18 Å². The molecular formula is C23H31FN4O. The Kier molecular flexibility index (Phi) is 7.07. The standard InChI is InChI=1S/C23H31FN4O/c1-3-25-22(26-14-4-5-15-28-18(2)8-6-11-21(28)29)27-17-23(12-13-23)19-9-7-10-20(24)16-19/h6-11,16H,3-5,12-15,17H2,1-2H3,(H2,25,26,27). The van der Waals surface area contributed by atoms with Crippen molar-refractivity contribution in [3.8, 4) is 0 Å². The second-order valence-electron chi connectivity index (χ2n) is 7.78. The second-order valence-corrected chi connectivity index (χ2v) is 7.78. The number of guanidine groups is 1. The Balaban J connectivity index is 1.49. The zero-order valence-corrected chi connectivity index (χ0v) is 17.4. The summed E-state index contributed by atoms with van der Waals surface area (Å²) in [5.41, 5.74) is 2.07. The smallest absolute Gasteiger partial charge is 0.250 e. The molecule has 2 N–H and O–H groups in total. The first-order chi connectivity index (χ1) is 14.0. The van der Waals surface area contributed by atoms with E-state index in [-0.39, 0.29) is 16.8 Å². The average Bonchev–Trinajstić information content (AvgIpc) is 3.49. The summed E-state index contributed by atoms with van der Waals surface area (Å²) in [5.74, 6) is 0.610. The molecular weight excluding hydrogens is 367 g/mol. The van der Waals surface area contributed by atoms with Crippen molar-refractivity contribution in [1.82, 2.24) is 15.2 Å². The first-order valence-electron chi connectivity index (χ1n) is 10.5. The predicted octanol–water partition coefficient (Wildman–Crippen LogP) is 3.36. The monoisotopic (exact) mass is 398 g/mol. The molecule has 0 atom stereocenters. The summed E-state index contributed by atoms with van der Waals surface area (Å²) in [6.07, 6.45) is 3.96. The van der Waals surface area contributed by atoms with Gasteiger partial charge in [0.2, 0.25) is 0 Å². The van der Waals surface area contributed by atoms with Crippen LogP contribution >= 0.6 is 0 Å². The number of pyridine rings is 1. The minimum absolute atomic E-state index is 0.0174. The maximum absolute atomic E-state index is 13.6. The minimum Gasteiger partial charge on any atom is -0.357 e. The van der Waals surface area contributed by atoms with Crippen LogP contribution in [0.3, 0.4) is 0 Å². The highest BCUT2D eigenvalue weighted by Crippen LogP contribution is 2.48. The highest BCUT2D eigenvalue weighted by molar-refractivity contribution is 5.79. The zero-order chi connectivity index (χ0) is 20.7. The lowest BCUT2D eigenvalue weighted by Gasteiger charge is -2.16. The number of nitrogens with one attached hydrogen (secondary N) is 2. The first-order valence-corrected chi connectivity index (χ1v) is 10.5. The van der Waals surface area contributed by atoms with Crippen molar-refractivity contribution < 1.29 is 4.39 Å². The van der Waals surface area contributed by atoms with Crippen LogP contribution in [0.25, 0.3) is 0 Å². The van der Waals surface area contributed by atoms with Gasteiger partial charge in [0.05, 0.1) is 6.54 Å². The molecule has 29 heavy (non-hydrogen) atoms. The summed E-state index contributed by atoms with van der Waals surface area (Å²) < 4.78 is 15.4. The van der Waals surface area contributed by atoms with Crippen LogP contribution in [0.15, 0.2) is 52.3 Å². The van der Waals surface area contributed by atoms with Crippen LogP contribution in [0.5, 0.6) is 0 Å². The summed E-state index contributed by atoms with van der Waals surface area (Å²) in [6, 6.07) is 12.3. The van der Waals surface area contributed by atoms with Gasteiger partial charge in [-0.1, -0.05) is 18.2 Å². The van der Waals surface area contributed by atoms with Gasteiger partial charge in [0.1, 0.15) is 5.82 Å². The highest BCUT2D eigenvalue weighted by Gasteiger charge is 2.44. The number of unbranched alkanes of at least 4 members (excludes halogenated alkanes) is 1. The van der Waals surface area contributed by atoms with Crippen molar-refractivity contribution in [1.29, 1.82) is 0 Å². The molecule has 1 aliphatic rings. The summed E-state index contributed by atoms with van der Waals surface area (Å²) >= 11 is 0. The Morgan fingerprint density at radius 2 is 1.97 bits per heavy atom. The molecule has 0 amide bonds. The highest BCUT2D eigenvalue weighted by atomic mass is 19.1. The summed E-state index contributed by atoms with van der Waals surface area (Å²) in [6.45, 7) is 6.97. The van der Waals surface area contributed by atoms with Gasteiger partial charge in [-0.15, -0.1) is 0 Å². The third-order valence-electron chi connectivity index (χ3n) is 5.54. The van der Waals surface area contributed by atoms with Crippen LogP contribution in [-0.2, 0) is 12.0 Å². The number of hydrogen-bond acceptors (Lipinski definition) is 2. The Labute approximate surface area is 172 Å². The van der Waals surface area contributed by atoms with Gasteiger partial charge in [-0.2, -0.15) is 0 Å². The van der Waals surface area contributed by atoms with E-state index in [1.54, 1.807) is 24.3 Å². The molecule has 0 unspecified atom stereocenters. The number of nitrogens with zero attached hydrogens (tertiary/aromatic N) is 2. The summed E-state index contributed by atoms with van der Waals surface area (Å²) in [4.78, 5) is 16.7. The number of halogens is 1. The van der Waals surface area contributed by atoms with Crippen molar-refractivity contribution in [3.63, 3.8) is 0 Å². The summed E-state index contributed by atoms with van der Waals surface area (Å²) in [5, 5.41) is 6.66. The van der Waals surface area contributed by atoms with Gasteiger partial charge in [0.15, 0.2) is 5.96 Å². The zero-order valence-electron chi connectivity index (χ0n) is 17.4. The average molecular weight is 399 g/mol. The molecule has 1 fully saturated rings. The number of hydrogen-bond donors (Lipinski definition) is 2. The van der Waals surface area contributed by atoms with Gasteiger partial charge in [0, 0.05) is 36.8 Å². The maximum atomic E-state index is 13.6. The molecule has 1 heterocycles. The Bertz CT molecular complexity index is 902. The summed E-state index contributed by atoms with van der Waals surface area (Å²) in [7, 11) is 0. The normalized spacial score (nSPS) is 15.2. The van der Waals surface area contributed by atoms with E-state index >= 15 is 0 Å². The molecule has 1 aromatic heterocycles. The second kappa shape index (κ2) is 9.72. The number of rotatable bonds is 9. The van der Waals surface area contributed by atoms with Crippen LogP contribution in [0.2, 0.25) is 0 Å². The molecule has 6 heteroatoms. The van der Waals surface area contributed by atoms with E-state index in [1.165, 1.54) is 6.07 Å². The molecule has 1 aliphatic carbocycles. The maximum Gasteiger partial charge on any atom is 0.250 e. The molecule has 0 saturated heterocycles. The molecule has 0 radical (unpaired) electrons. The topological polar surface area (TPSA) is 58.4 Å². The van der Waals surface area contributed by atoms with Crippen molar-refractivity contribution in [3.05, 3.63) is 69.9 Å².